The Morgan fingerprint density at radius 1 is 1.19 bits per heavy atom. The third-order valence-electron chi connectivity index (χ3n) is 3.38. The van der Waals surface area contributed by atoms with Crippen LogP contribution in [-0.2, 0) is 0 Å². The molecule has 0 saturated heterocycles. The van der Waals surface area contributed by atoms with Gasteiger partial charge in [0.1, 0.15) is 5.75 Å². The van der Waals surface area contributed by atoms with Crippen LogP contribution in [0.4, 0.5) is 0 Å². The first-order chi connectivity index (χ1) is 10.2. The van der Waals surface area contributed by atoms with Crippen LogP contribution in [0.25, 0.3) is 0 Å². The Labute approximate surface area is 132 Å². The van der Waals surface area contributed by atoms with Crippen molar-refractivity contribution in [2.45, 2.75) is 26.3 Å². The fourth-order valence-electron chi connectivity index (χ4n) is 2.50. The number of hydrogen-bond acceptors (Lipinski definition) is 2. The van der Waals surface area contributed by atoms with Crippen molar-refractivity contribution in [2.75, 3.05) is 13.7 Å². The lowest BCUT2D eigenvalue weighted by Gasteiger charge is -2.21. The molecule has 0 fully saturated rings. The van der Waals surface area contributed by atoms with E-state index in [2.05, 4.69) is 31.3 Å². The second-order valence-corrected chi connectivity index (χ2v) is 5.61. The molecule has 1 N–H and O–H groups in total. The molecule has 0 amide bonds. The van der Waals surface area contributed by atoms with Crippen LogP contribution >= 0.6 is 11.6 Å². The Kier molecular flexibility index (Phi) is 5.66. The van der Waals surface area contributed by atoms with Crippen LogP contribution in [-0.4, -0.2) is 13.7 Å². The Morgan fingerprint density at radius 3 is 2.62 bits per heavy atom. The van der Waals surface area contributed by atoms with E-state index in [9.17, 15) is 0 Å². The summed E-state index contributed by atoms with van der Waals surface area (Å²) in [6, 6.07) is 14.4. The number of halogens is 1. The van der Waals surface area contributed by atoms with Gasteiger partial charge >= 0.3 is 0 Å². The molecule has 0 heterocycles. The summed E-state index contributed by atoms with van der Waals surface area (Å²) in [6.45, 7) is 4.89. The van der Waals surface area contributed by atoms with Crippen molar-refractivity contribution >= 4 is 11.6 Å². The molecule has 2 aromatic rings. The molecule has 0 spiro atoms. The molecular weight excluding hydrogens is 282 g/mol. The van der Waals surface area contributed by atoms with Crippen LogP contribution in [0.1, 0.15) is 36.1 Å². The van der Waals surface area contributed by atoms with E-state index in [1.165, 1.54) is 0 Å². The fourth-order valence-corrected chi connectivity index (χ4v) is 2.79. The van der Waals surface area contributed by atoms with Crippen molar-refractivity contribution < 1.29 is 4.74 Å². The molecule has 2 rings (SSSR count). The summed E-state index contributed by atoms with van der Waals surface area (Å²) >= 11 is 6.20. The van der Waals surface area contributed by atoms with Crippen molar-refractivity contribution in [1.29, 1.82) is 0 Å². The van der Waals surface area contributed by atoms with E-state index in [1.807, 2.05) is 37.4 Å². The summed E-state index contributed by atoms with van der Waals surface area (Å²) in [5.74, 6) is 0.927. The molecule has 0 aromatic heterocycles. The van der Waals surface area contributed by atoms with E-state index in [0.717, 1.165) is 40.5 Å². The van der Waals surface area contributed by atoms with E-state index in [-0.39, 0.29) is 6.04 Å². The molecule has 0 aliphatic rings. The zero-order valence-corrected chi connectivity index (χ0v) is 13.6. The van der Waals surface area contributed by atoms with Gasteiger partial charge in [-0.05, 0) is 49.7 Å². The van der Waals surface area contributed by atoms with Gasteiger partial charge in [0, 0.05) is 10.6 Å². The zero-order chi connectivity index (χ0) is 15.2. The maximum Gasteiger partial charge on any atom is 0.124 e. The van der Waals surface area contributed by atoms with Gasteiger partial charge < -0.3 is 10.1 Å². The number of hydrogen-bond donors (Lipinski definition) is 1. The molecule has 0 radical (unpaired) electrons. The van der Waals surface area contributed by atoms with Gasteiger partial charge in [-0.15, -0.1) is 0 Å². The van der Waals surface area contributed by atoms with Gasteiger partial charge in [0.2, 0.25) is 0 Å². The highest BCUT2D eigenvalue weighted by atomic mass is 35.5. The average molecular weight is 304 g/mol. The predicted molar refractivity (Wildman–Crippen MR) is 89.3 cm³/mol. The largest absolute Gasteiger partial charge is 0.493 e. The first kappa shape index (κ1) is 15.9. The standard InChI is InChI=1S/C18H22ClNO/c1-4-9-21-17-8-6-5-7-16(17)18(20-3)14-10-13(2)11-15(19)12-14/h5-8,10-12,18,20H,4,9H2,1-3H3. The SMILES string of the molecule is CCCOc1ccccc1C(NC)c1cc(C)cc(Cl)c1. The third kappa shape index (κ3) is 3.99. The van der Waals surface area contributed by atoms with Crippen LogP contribution in [0.2, 0.25) is 5.02 Å². The summed E-state index contributed by atoms with van der Waals surface area (Å²) in [6.07, 6.45) is 0.995. The van der Waals surface area contributed by atoms with Gasteiger partial charge in [-0.25, -0.2) is 0 Å². The van der Waals surface area contributed by atoms with Gasteiger partial charge in [0.25, 0.3) is 0 Å². The highest BCUT2D eigenvalue weighted by Gasteiger charge is 2.17. The summed E-state index contributed by atoms with van der Waals surface area (Å²) in [5.41, 5.74) is 3.44. The van der Waals surface area contributed by atoms with E-state index in [1.54, 1.807) is 0 Å². The lowest BCUT2D eigenvalue weighted by Crippen LogP contribution is -2.19. The number of para-hydroxylation sites is 1. The third-order valence-corrected chi connectivity index (χ3v) is 3.60. The Morgan fingerprint density at radius 2 is 1.95 bits per heavy atom. The maximum absolute atomic E-state index is 6.20. The average Bonchev–Trinajstić information content (AvgIpc) is 2.46. The minimum absolute atomic E-state index is 0.0652. The molecule has 1 unspecified atom stereocenters. The quantitative estimate of drug-likeness (QED) is 0.832. The monoisotopic (exact) mass is 303 g/mol. The van der Waals surface area contributed by atoms with Crippen LogP contribution < -0.4 is 10.1 Å². The number of ether oxygens (including phenoxy) is 1. The Balaban J connectivity index is 2.41. The molecule has 0 aliphatic carbocycles. The lowest BCUT2D eigenvalue weighted by atomic mass is 9.96. The fraction of sp³-hybridized carbons (Fsp3) is 0.333. The summed E-state index contributed by atoms with van der Waals surface area (Å²) in [4.78, 5) is 0. The lowest BCUT2D eigenvalue weighted by molar-refractivity contribution is 0.312. The molecular formula is C18H22ClNO. The smallest absolute Gasteiger partial charge is 0.124 e. The molecule has 112 valence electrons. The molecule has 2 nitrogen and oxygen atoms in total. The molecule has 1 atom stereocenters. The van der Waals surface area contributed by atoms with Crippen LogP contribution in [0.15, 0.2) is 42.5 Å². The molecule has 21 heavy (non-hydrogen) atoms. The normalized spacial score (nSPS) is 12.2. The number of rotatable bonds is 6. The molecule has 0 aliphatic heterocycles. The van der Waals surface area contributed by atoms with Crippen LogP contribution in [0.3, 0.4) is 0 Å². The van der Waals surface area contributed by atoms with Gasteiger partial charge in [-0.2, -0.15) is 0 Å². The van der Waals surface area contributed by atoms with Crippen molar-refractivity contribution in [3.63, 3.8) is 0 Å². The Bertz CT molecular complexity index is 577. The second-order valence-electron chi connectivity index (χ2n) is 5.17. The number of nitrogens with one attached hydrogen (secondary N) is 1. The van der Waals surface area contributed by atoms with Gasteiger partial charge in [0.05, 0.1) is 12.6 Å². The number of benzene rings is 2. The molecule has 0 bridgehead atoms. The van der Waals surface area contributed by atoms with E-state index >= 15 is 0 Å². The first-order valence-corrected chi connectivity index (χ1v) is 7.69. The van der Waals surface area contributed by atoms with E-state index < -0.39 is 0 Å². The van der Waals surface area contributed by atoms with Gasteiger partial charge in [-0.1, -0.05) is 42.8 Å². The van der Waals surface area contributed by atoms with E-state index in [0.29, 0.717) is 0 Å². The predicted octanol–water partition coefficient (Wildman–Crippen LogP) is 4.75. The summed E-state index contributed by atoms with van der Waals surface area (Å²) in [7, 11) is 1.96. The zero-order valence-electron chi connectivity index (χ0n) is 12.8. The van der Waals surface area contributed by atoms with Crippen molar-refractivity contribution in [1.82, 2.24) is 5.32 Å². The highest BCUT2D eigenvalue weighted by Crippen LogP contribution is 2.31. The van der Waals surface area contributed by atoms with Crippen LogP contribution in [0, 0.1) is 6.92 Å². The first-order valence-electron chi connectivity index (χ1n) is 7.31. The summed E-state index contributed by atoms with van der Waals surface area (Å²) < 4.78 is 5.88. The molecule has 0 saturated carbocycles. The van der Waals surface area contributed by atoms with E-state index in [4.69, 9.17) is 16.3 Å². The molecule has 3 heteroatoms. The van der Waals surface area contributed by atoms with Crippen molar-refractivity contribution in [2.24, 2.45) is 0 Å². The topological polar surface area (TPSA) is 21.3 Å². The minimum atomic E-state index is 0.0652. The Hall–Kier alpha value is -1.51. The molecule has 2 aromatic carbocycles. The van der Waals surface area contributed by atoms with Crippen LogP contribution in [0.5, 0.6) is 5.75 Å². The van der Waals surface area contributed by atoms with Crippen molar-refractivity contribution in [3.8, 4) is 5.75 Å². The van der Waals surface area contributed by atoms with Gasteiger partial charge in [0.15, 0.2) is 0 Å². The number of aryl methyl sites for hydroxylation is 1. The maximum atomic E-state index is 6.20. The summed E-state index contributed by atoms with van der Waals surface area (Å²) in [5, 5.41) is 4.13. The second kappa shape index (κ2) is 7.48. The minimum Gasteiger partial charge on any atom is -0.493 e. The van der Waals surface area contributed by atoms with Crippen molar-refractivity contribution in [3.05, 3.63) is 64.2 Å². The highest BCUT2D eigenvalue weighted by molar-refractivity contribution is 6.30. The van der Waals surface area contributed by atoms with Gasteiger partial charge in [-0.3, -0.25) is 0 Å².